The fraction of sp³-hybridized carbons (Fsp3) is 0.611. The zero-order chi connectivity index (χ0) is 18.7. The lowest BCUT2D eigenvalue weighted by Crippen LogP contribution is -2.40. The maximum Gasteiger partial charge on any atom is 0.211 e. The average molecular weight is 338 g/mol. The van der Waals surface area contributed by atoms with Crippen LogP contribution in [0.1, 0.15) is 39.4 Å². The molecule has 0 saturated carbocycles. The molecule has 1 aliphatic carbocycles. The largest absolute Gasteiger partial charge is 0.381 e. The second-order valence-corrected chi connectivity index (χ2v) is 13.1. The molecule has 1 N–H and O–H groups in total. The maximum atomic E-state index is 12.9. The van der Waals surface area contributed by atoms with Crippen LogP contribution in [0.4, 0.5) is 0 Å². The van der Waals surface area contributed by atoms with E-state index in [-0.39, 0.29) is 32.3 Å². The Hall–Kier alpha value is -1.17. The molecule has 0 aromatic carbocycles. The van der Waals surface area contributed by atoms with Gasteiger partial charge in [0.15, 0.2) is 0 Å². The highest BCUT2D eigenvalue weighted by Crippen LogP contribution is 2.30. The number of carbonyl (C=O) groups is 1. The van der Waals surface area contributed by atoms with E-state index >= 15 is 0 Å². The van der Waals surface area contributed by atoms with Crippen molar-refractivity contribution >= 4 is 13.9 Å². The molecule has 2 atom stereocenters. The van der Waals surface area contributed by atoms with Crippen molar-refractivity contribution in [3.63, 3.8) is 0 Å². The Balaban J connectivity index is 2.03. The molecule has 0 aliphatic heterocycles. The molecule has 1 aromatic rings. The quantitative estimate of drug-likeness (QED) is 0.356. The number of carbonyl (C=O) groups excluding carboxylic acids is 1. The molecule has 5 heteroatoms. The first-order valence-corrected chi connectivity index (χ1v) is 11.8. The highest BCUT2D eigenvalue weighted by Gasteiger charge is 2.38. The summed E-state index contributed by atoms with van der Waals surface area (Å²) in [7, 11) is -1.16. The molecule has 0 saturated heterocycles. The number of ether oxygens (including phenoxy) is 1. The maximum absolute atomic E-state index is 12.9. The van der Waals surface area contributed by atoms with E-state index in [0.717, 1.165) is 6.04 Å². The Labute approximate surface area is 143 Å². The highest BCUT2D eigenvalue weighted by molar-refractivity contribution is 6.76. The number of aromatic nitrogens is 1. The van der Waals surface area contributed by atoms with Gasteiger partial charge in [0.05, 0.1) is 5.69 Å². The van der Waals surface area contributed by atoms with Gasteiger partial charge in [-0.3, -0.25) is 4.79 Å². The van der Waals surface area contributed by atoms with Gasteiger partial charge in [0.2, 0.25) is 5.78 Å². The predicted octanol–water partition coefficient (Wildman–Crippen LogP) is 3.84. The lowest BCUT2D eigenvalue weighted by molar-refractivity contribution is 0.0238. The van der Waals surface area contributed by atoms with Crippen LogP contribution in [0.15, 0.2) is 30.0 Å². The van der Waals surface area contributed by atoms with Crippen LogP contribution in [0.5, 0.6) is 0 Å². The summed E-state index contributed by atoms with van der Waals surface area (Å²) in [5.41, 5.74) is -0.493. The van der Waals surface area contributed by atoms with E-state index in [4.69, 9.17) is 7.48 Å². The Morgan fingerprint density at radius 1 is 1.57 bits per heavy atom. The monoisotopic (exact) mass is 337 g/mol. The van der Waals surface area contributed by atoms with Crippen LogP contribution in [0, 0.1) is 0 Å². The van der Waals surface area contributed by atoms with Crippen LogP contribution in [-0.2, 0) is 11.5 Å². The molecule has 0 bridgehead atoms. The molecule has 128 valence electrons. The molecule has 1 heterocycles. The standard InChI is InChI=1S/C18H29NO3Si/c1-15-7-9-18(21,10-8-15)17(20)16-6-5-11-19(16)14-22-12-13-23(2,3)4/h5-7,11,21H,8-10,12-14H2,1-4H3/t18-/m0/s1/i1D,8D/t8-,18+/m1. The van der Waals surface area contributed by atoms with Crippen molar-refractivity contribution in [1.29, 1.82) is 0 Å². The van der Waals surface area contributed by atoms with Gasteiger partial charge >= 0.3 is 0 Å². The van der Waals surface area contributed by atoms with Crippen molar-refractivity contribution in [3.8, 4) is 0 Å². The summed E-state index contributed by atoms with van der Waals surface area (Å²) in [6.07, 6.45) is 2.95. The van der Waals surface area contributed by atoms with Gasteiger partial charge in [-0.2, -0.15) is 0 Å². The summed E-state index contributed by atoms with van der Waals surface area (Å²) in [6, 6.07) is 4.51. The molecule has 0 unspecified atom stereocenters. The Morgan fingerprint density at radius 3 is 3.00 bits per heavy atom. The van der Waals surface area contributed by atoms with Gasteiger partial charge in [-0.1, -0.05) is 31.3 Å². The van der Waals surface area contributed by atoms with E-state index in [2.05, 4.69) is 19.6 Å². The van der Waals surface area contributed by atoms with E-state index in [1.807, 2.05) is 0 Å². The van der Waals surface area contributed by atoms with Crippen molar-refractivity contribution in [1.82, 2.24) is 4.57 Å². The van der Waals surface area contributed by atoms with Crippen molar-refractivity contribution in [3.05, 3.63) is 35.7 Å². The van der Waals surface area contributed by atoms with Gasteiger partial charge in [0, 0.05) is 30.0 Å². The number of hydrogen-bond donors (Lipinski definition) is 1. The number of ketones is 1. The Bertz CT molecular complexity index is 639. The zero-order valence-corrected chi connectivity index (χ0v) is 15.3. The van der Waals surface area contributed by atoms with Gasteiger partial charge < -0.3 is 14.4 Å². The summed E-state index contributed by atoms with van der Waals surface area (Å²) in [5.74, 6) is -0.371. The van der Waals surface area contributed by atoms with Crippen LogP contribution >= 0.6 is 0 Å². The normalized spacial score (nSPS) is 26.4. The number of allylic oxidation sites excluding steroid dienone is 1. The van der Waals surface area contributed by atoms with E-state index in [0.29, 0.717) is 17.9 Å². The molecular formula is C18H29NO3Si. The SMILES string of the molecule is [2H]CC1=CC[C@@](O)(C(=O)c2cccn2COCC[Si](C)(C)C)C[C@H]1[2H]. The summed E-state index contributed by atoms with van der Waals surface area (Å²) >= 11 is 0. The summed E-state index contributed by atoms with van der Waals surface area (Å²) in [6.45, 7) is 7.85. The smallest absolute Gasteiger partial charge is 0.211 e. The van der Waals surface area contributed by atoms with E-state index in [1.54, 1.807) is 29.0 Å². The second-order valence-electron chi connectivity index (χ2n) is 7.46. The van der Waals surface area contributed by atoms with Gasteiger partial charge in [-0.15, -0.1) is 0 Å². The minimum absolute atomic E-state index is 0.0399. The third-order valence-corrected chi connectivity index (χ3v) is 5.82. The molecule has 2 rings (SSSR count). The van der Waals surface area contributed by atoms with Crippen molar-refractivity contribution in [2.45, 2.75) is 64.2 Å². The lowest BCUT2D eigenvalue weighted by atomic mass is 9.82. The van der Waals surface area contributed by atoms with Crippen LogP contribution < -0.4 is 0 Å². The summed E-state index contributed by atoms with van der Waals surface area (Å²) in [5, 5.41) is 10.8. The van der Waals surface area contributed by atoms with E-state index in [9.17, 15) is 9.90 Å². The van der Waals surface area contributed by atoms with Gasteiger partial charge in [0.1, 0.15) is 12.3 Å². The third-order valence-electron chi connectivity index (χ3n) is 4.12. The van der Waals surface area contributed by atoms with Crippen LogP contribution in [0.2, 0.25) is 25.7 Å². The molecule has 0 radical (unpaired) electrons. The van der Waals surface area contributed by atoms with Crippen molar-refractivity contribution in [2.75, 3.05) is 6.61 Å². The molecular weight excluding hydrogens is 306 g/mol. The van der Waals surface area contributed by atoms with Crippen LogP contribution in [-0.4, -0.2) is 35.7 Å². The van der Waals surface area contributed by atoms with Crippen molar-refractivity contribution in [2.24, 2.45) is 0 Å². The number of rotatable bonds is 7. The minimum Gasteiger partial charge on any atom is -0.381 e. The first kappa shape index (κ1) is 15.4. The molecule has 23 heavy (non-hydrogen) atoms. The minimum atomic E-state index is -1.57. The number of hydrogen-bond acceptors (Lipinski definition) is 3. The van der Waals surface area contributed by atoms with Gasteiger partial charge in [-0.25, -0.2) is 0 Å². The molecule has 1 aliphatic rings. The molecule has 0 fully saturated rings. The van der Waals surface area contributed by atoms with Crippen LogP contribution in [0.25, 0.3) is 0 Å². The highest BCUT2D eigenvalue weighted by atomic mass is 28.3. The fourth-order valence-corrected chi connectivity index (χ4v) is 3.22. The summed E-state index contributed by atoms with van der Waals surface area (Å²) < 4.78 is 22.9. The van der Waals surface area contributed by atoms with Crippen LogP contribution in [0.3, 0.4) is 0 Å². The van der Waals surface area contributed by atoms with Gasteiger partial charge in [-0.05, 0) is 37.9 Å². The topological polar surface area (TPSA) is 51.5 Å². The third kappa shape index (κ3) is 4.90. The Kier molecular flexibility index (Phi) is 4.78. The number of aliphatic hydroxyl groups is 1. The van der Waals surface area contributed by atoms with Crippen molar-refractivity contribution < 1.29 is 17.4 Å². The Morgan fingerprint density at radius 2 is 2.35 bits per heavy atom. The summed E-state index contributed by atoms with van der Waals surface area (Å²) in [4.78, 5) is 12.9. The number of nitrogens with zero attached hydrogens (tertiary/aromatic N) is 1. The lowest BCUT2D eigenvalue weighted by Gasteiger charge is -2.29. The zero-order valence-electron chi connectivity index (χ0n) is 16.3. The van der Waals surface area contributed by atoms with Gasteiger partial charge in [0.25, 0.3) is 0 Å². The molecule has 4 nitrogen and oxygen atoms in total. The predicted molar refractivity (Wildman–Crippen MR) is 95.4 cm³/mol. The van der Waals surface area contributed by atoms with E-state index < -0.39 is 20.1 Å². The average Bonchev–Trinajstić information content (AvgIpc) is 2.98. The molecule has 0 spiro atoms. The first-order valence-electron chi connectivity index (χ1n) is 9.35. The first-order chi connectivity index (χ1) is 11.7. The van der Waals surface area contributed by atoms with E-state index in [1.165, 1.54) is 0 Å². The molecule has 1 aromatic heterocycles. The number of Topliss-reactive ketones (excluding diaryl/α,β-unsaturated/α-hetero) is 1. The molecule has 0 amide bonds. The fourth-order valence-electron chi connectivity index (χ4n) is 2.46. The second kappa shape index (κ2) is 7.15.